The van der Waals surface area contributed by atoms with Crippen molar-refractivity contribution in [1.82, 2.24) is 10.2 Å². The minimum Gasteiger partial charge on any atom is -0.497 e. The van der Waals surface area contributed by atoms with Gasteiger partial charge in [0.2, 0.25) is 0 Å². The zero-order chi connectivity index (χ0) is 21.3. The molecule has 0 fully saturated rings. The molecule has 0 saturated carbocycles. The van der Waals surface area contributed by atoms with Crippen molar-refractivity contribution in [3.63, 3.8) is 0 Å². The molecule has 0 aliphatic rings. The predicted molar refractivity (Wildman–Crippen MR) is 124 cm³/mol. The van der Waals surface area contributed by atoms with Crippen LogP contribution in [-0.2, 0) is 6.42 Å². The predicted octanol–water partition coefficient (Wildman–Crippen LogP) is 6.58. The number of nitrogens with zero attached hydrogens (tertiary/aromatic N) is 2. The SMILES string of the molecule is COc1ccc([C@@H](C)Cc2nnc(-c3c(C)cc(C)cc3C)c3ccccc23)cc1. The van der Waals surface area contributed by atoms with Crippen LogP contribution in [0.1, 0.15) is 40.8 Å². The van der Waals surface area contributed by atoms with Gasteiger partial charge in [0.25, 0.3) is 0 Å². The number of hydrogen-bond donors (Lipinski definition) is 0. The molecule has 1 aromatic heterocycles. The number of hydrogen-bond acceptors (Lipinski definition) is 3. The van der Waals surface area contributed by atoms with Gasteiger partial charge in [0.15, 0.2) is 0 Å². The first kappa shape index (κ1) is 20.1. The monoisotopic (exact) mass is 396 g/mol. The molecule has 1 atom stereocenters. The van der Waals surface area contributed by atoms with Crippen LogP contribution in [0.25, 0.3) is 22.0 Å². The molecule has 0 bridgehead atoms. The lowest BCUT2D eigenvalue weighted by atomic mass is 9.91. The van der Waals surface area contributed by atoms with Crippen LogP contribution in [0.5, 0.6) is 5.75 Å². The van der Waals surface area contributed by atoms with Crippen LogP contribution >= 0.6 is 0 Å². The van der Waals surface area contributed by atoms with Crippen LogP contribution in [0.2, 0.25) is 0 Å². The molecule has 3 aromatic carbocycles. The second kappa shape index (κ2) is 8.27. The van der Waals surface area contributed by atoms with Crippen LogP contribution < -0.4 is 4.74 Å². The third kappa shape index (κ3) is 3.80. The third-order valence-corrected chi connectivity index (χ3v) is 5.86. The van der Waals surface area contributed by atoms with Crippen molar-refractivity contribution in [3.05, 3.63) is 88.6 Å². The lowest BCUT2D eigenvalue weighted by Gasteiger charge is -2.16. The van der Waals surface area contributed by atoms with Gasteiger partial charge in [-0.25, -0.2) is 0 Å². The Morgan fingerprint density at radius 1 is 0.833 bits per heavy atom. The van der Waals surface area contributed by atoms with E-state index < -0.39 is 0 Å². The van der Waals surface area contributed by atoms with E-state index in [4.69, 9.17) is 14.9 Å². The van der Waals surface area contributed by atoms with Gasteiger partial charge in [0.05, 0.1) is 12.8 Å². The average Bonchev–Trinajstić information content (AvgIpc) is 2.74. The van der Waals surface area contributed by atoms with Gasteiger partial charge in [-0.05, 0) is 61.9 Å². The number of aromatic nitrogens is 2. The topological polar surface area (TPSA) is 35.0 Å². The lowest BCUT2D eigenvalue weighted by molar-refractivity contribution is 0.414. The molecular formula is C27H28N2O. The zero-order valence-corrected chi connectivity index (χ0v) is 18.4. The number of benzene rings is 3. The Hall–Kier alpha value is -3.20. The molecule has 30 heavy (non-hydrogen) atoms. The summed E-state index contributed by atoms with van der Waals surface area (Å²) in [6.45, 7) is 8.69. The summed E-state index contributed by atoms with van der Waals surface area (Å²) in [7, 11) is 1.69. The van der Waals surface area contributed by atoms with Gasteiger partial charge in [-0.15, -0.1) is 5.10 Å². The summed E-state index contributed by atoms with van der Waals surface area (Å²) in [5.41, 5.74) is 8.24. The first-order chi connectivity index (χ1) is 14.5. The fourth-order valence-corrected chi connectivity index (χ4v) is 4.39. The second-order valence-electron chi connectivity index (χ2n) is 8.19. The smallest absolute Gasteiger partial charge is 0.118 e. The molecule has 152 valence electrons. The maximum atomic E-state index is 5.28. The van der Waals surface area contributed by atoms with E-state index >= 15 is 0 Å². The second-order valence-corrected chi connectivity index (χ2v) is 8.19. The number of ether oxygens (including phenoxy) is 1. The fraction of sp³-hybridized carbons (Fsp3) is 0.259. The van der Waals surface area contributed by atoms with E-state index in [0.29, 0.717) is 5.92 Å². The highest BCUT2D eigenvalue weighted by Crippen LogP contribution is 2.34. The van der Waals surface area contributed by atoms with E-state index in [1.807, 2.05) is 12.1 Å². The minimum atomic E-state index is 0.335. The molecule has 0 saturated heterocycles. The zero-order valence-electron chi connectivity index (χ0n) is 18.4. The van der Waals surface area contributed by atoms with Crippen molar-refractivity contribution >= 4 is 10.8 Å². The Kier molecular flexibility index (Phi) is 5.54. The Labute approximate surface area is 178 Å². The molecule has 0 amide bonds. The van der Waals surface area contributed by atoms with Gasteiger partial charge in [0, 0.05) is 16.3 Å². The van der Waals surface area contributed by atoms with Crippen LogP contribution in [-0.4, -0.2) is 17.3 Å². The van der Waals surface area contributed by atoms with E-state index in [2.05, 4.69) is 76.2 Å². The van der Waals surface area contributed by atoms with E-state index in [-0.39, 0.29) is 0 Å². The number of fused-ring (bicyclic) bond motifs is 1. The molecule has 0 aliphatic heterocycles. The largest absolute Gasteiger partial charge is 0.497 e. The third-order valence-electron chi connectivity index (χ3n) is 5.86. The first-order valence-corrected chi connectivity index (χ1v) is 10.4. The van der Waals surface area contributed by atoms with Crippen molar-refractivity contribution in [2.75, 3.05) is 7.11 Å². The maximum absolute atomic E-state index is 5.28. The van der Waals surface area contributed by atoms with E-state index in [1.54, 1.807) is 7.11 Å². The Morgan fingerprint density at radius 3 is 2.10 bits per heavy atom. The van der Waals surface area contributed by atoms with E-state index in [1.165, 1.54) is 38.6 Å². The van der Waals surface area contributed by atoms with Gasteiger partial charge in [-0.1, -0.05) is 61.0 Å². The molecule has 0 radical (unpaired) electrons. The van der Waals surface area contributed by atoms with Gasteiger partial charge < -0.3 is 4.74 Å². The van der Waals surface area contributed by atoms with Crippen molar-refractivity contribution in [3.8, 4) is 17.0 Å². The number of methoxy groups -OCH3 is 1. The quantitative estimate of drug-likeness (QED) is 0.382. The molecule has 1 heterocycles. The first-order valence-electron chi connectivity index (χ1n) is 10.4. The summed E-state index contributed by atoms with van der Waals surface area (Å²) in [6, 6.07) is 21.2. The maximum Gasteiger partial charge on any atom is 0.118 e. The van der Waals surface area contributed by atoms with Crippen molar-refractivity contribution in [2.45, 2.75) is 40.0 Å². The highest BCUT2D eigenvalue weighted by molar-refractivity contribution is 5.96. The Morgan fingerprint density at radius 2 is 1.47 bits per heavy atom. The minimum absolute atomic E-state index is 0.335. The average molecular weight is 397 g/mol. The van der Waals surface area contributed by atoms with E-state index in [0.717, 1.165) is 23.6 Å². The molecule has 4 rings (SSSR count). The summed E-state index contributed by atoms with van der Waals surface area (Å²) >= 11 is 0. The summed E-state index contributed by atoms with van der Waals surface area (Å²) in [6.07, 6.45) is 0.839. The molecule has 0 N–H and O–H groups in total. The Bertz CT molecular complexity index is 1170. The molecular weight excluding hydrogens is 368 g/mol. The Balaban J connectivity index is 1.76. The summed E-state index contributed by atoms with van der Waals surface area (Å²) in [5, 5.41) is 11.8. The number of rotatable bonds is 5. The van der Waals surface area contributed by atoms with Gasteiger partial charge in [0.1, 0.15) is 11.4 Å². The van der Waals surface area contributed by atoms with Gasteiger partial charge in [-0.3, -0.25) is 0 Å². The molecule has 0 spiro atoms. The summed E-state index contributed by atoms with van der Waals surface area (Å²) in [4.78, 5) is 0. The van der Waals surface area contributed by atoms with Gasteiger partial charge in [-0.2, -0.15) is 5.10 Å². The molecule has 0 aliphatic carbocycles. The highest BCUT2D eigenvalue weighted by atomic mass is 16.5. The lowest BCUT2D eigenvalue weighted by Crippen LogP contribution is -2.05. The van der Waals surface area contributed by atoms with Crippen molar-refractivity contribution in [1.29, 1.82) is 0 Å². The standard InChI is InChI=1S/C27H28N2O/c1-17-14-19(3)26(20(4)15-17)27-24-9-7-6-8-23(24)25(28-29-27)16-18(2)21-10-12-22(30-5)13-11-21/h6-15,18H,16H2,1-5H3/t18-/m0/s1. The summed E-state index contributed by atoms with van der Waals surface area (Å²) in [5.74, 6) is 1.21. The highest BCUT2D eigenvalue weighted by Gasteiger charge is 2.17. The van der Waals surface area contributed by atoms with Crippen LogP contribution in [0, 0.1) is 20.8 Å². The van der Waals surface area contributed by atoms with Crippen LogP contribution in [0.15, 0.2) is 60.7 Å². The van der Waals surface area contributed by atoms with Gasteiger partial charge >= 0.3 is 0 Å². The van der Waals surface area contributed by atoms with Crippen LogP contribution in [0.3, 0.4) is 0 Å². The fourth-order valence-electron chi connectivity index (χ4n) is 4.39. The molecule has 3 heteroatoms. The molecule has 0 unspecified atom stereocenters. The normalized spacial score (nSPS) is 12.2. The molecule has 4 aromatic rings. The molecule has 3 nitrogen and oxygen atoms in total. The van der Waals surface area contributed by atoms with Crippen molar-refractivity contribution in [2.24, 2.45) is 0 Å². The number of aryl methyl sites for hydroxylation is 3. The van der Waals surface area contributed by atoms with Crippen LogP contribution in [0.4, 0.5) is 0 Å². The summed E-state index contributed by atoms with van der Waals surface area (Å²) < 4.78 is 5.28. The van der Waals surface area contributed by atoms with Crippen molar-refractivity contribution < 1.29 is 4.74 Å². The van der Waals surface area contributed by atoms with E-state index in [9.17, 15) is 0 Å².